The lowest BCUT2D eigenvalue weighted by atomic mass is 10.1. The smallest absolute Gasteiger partial charge is 0.326 e. The van der Waals surface area contributed by atoms with E-state index in [1.54, 1.807) is 31.2 Å². The zero-order valence-corrected chi connectivity index (χ0v) is 14.0. The highest BCUT2D eigenvalue weighted by Gasteiger charge is 2.20. The molecular formula is C18H18N2O6. The van der Waals surface area contributed by atoms with Gasteiger partial charge in [-0.3, -0.25) is 14.9 Å². The Kier molecular flexibility index (Phi) is 6.26. The maximum Gasteiger partial charge on any atom is 0.326 e. The Morgan fingerprint density at radius 2 is 1.92 bits per heavy atom. The standard InChI is InChI=1S/C18H18N2O6/c1-12-9-14(20(24)25)7-8-16(12)26-11-17(21)19-15(18(22)23)10-13-5-3-2-4-6-13/h2-9,15H,10-11H2,1H3,(H,19,21)(H,22,23). The second-order valence-corrected chi connectivity index (χ2v) is 5.64. The van der Waals surface area contributed by atoms with Gasteiger partial charge in [-0.15, -0.1) is 0 Å². The van der Waals surface area contributed by atoms with E-state index in [1.807, 2.05) is 6.07 Å². The Morgan fingerprint density at radius 1 is 1.23 bits per heavy atom. The summed E-state index contributed by atoms with van der Waals surface area (Å²) < 4.78 is 5.34. The Morgan fingerprint density at radius 3 is 2.50 bits per heavy atom. The summed E-state index contributed by atoms with van der Waals surface area (Å²) in [7, 11) is 0. The molecule has 1 unspecified atom stereocenters. The predicted octanol–water partition coefficient (Wildman–Crippen LogP) is 2.09. The number of nitro groups is 1. The van der Waals surface area contributed by atoms with Gasteiger partial charge in [0.1, 0.15) is 11.8 Å². The molecule has 0 aromatic heterocycles. The molecule has 26 heavy (non-hydrogen) atoms. The summed E-state index contributed by atoms with van der Waals surface area (Å²) in [6, 6.07) is 11.9. The Bertz CT molecular complexity index is 807. The number of carbonyl (C=O) groups is 2. The number of hydrogen-bond donors (Lipinski definition) is 2. The third-order valence-electron chi connectivity index (χ3n) is 3.64. The van der Waals surface area contributed by atoms with Crippen LogP contribution in [0.5, 0.6) is 5.75 Å². The van der Waals surface area contributed by atoms with E-state index in [0.29, 0.717) is 11.3 Å². The minimum Gasteiger partial charge on any atom is -0.483 e. The van der Waals surface area contributed by atoms with Gasteiger partial charge in [0, 0.05) is 18.6 Å². The van der Waals surface area contributed by atoms with Gasteiger partial charge in [-0.2, -0.15) is 0 Å². The normalized spacial score (nSPS) is 11.4. The van der Waals surface area contributed by atoms with Crippen LogP contribution in [0, 0.1) is 17.0 Å². The van der Waals surface area contributed by atoms with Gasteiger partial charge in [-0.1, -0.05) is 30.3 Å². The quantitative estimate of drug-likeness (QED) is 0.551. The van der Waals surface area contributed by atoms with Crippen LogP contribution in [0.15, 0.2) is 48.5 Å². The second kappa shape index (κ2) is 8.61. The van der Waals surface area contributed by atoms with Crippen molar-refractivity contribution in [2.75, 3.05) is 6.61 Å². The van der Waals surface area contributed by atoms with E-state index in [0.717, 1.165) is 5.56 Å². The summed E-state index contributed by atoms with van der Waals surface area (Å²) in [4.78, 5) is 33.5. The van der Waals surface area contributed by atoms with Crippen molar-refractivity contribution in [3.63, 3.8) is 0 Å². The van der Waals surface area contributed by atoms with E-state index in [4.69, 9.17) is 4.74 Å². The summed E-state index contributed by atoms with van der Waals surface area (Å²) in [5, 5.41) is 22.4. The molecule has 2 aromatic rings. The molecule has 2 N–H and O–H groups in total. The highest BCUT2D eigenvalue weighted by Crippen LogP contribution is 2.23. The number of hydrogen-bond acceptors (Lipinski definition) is 5. The summed E-state index contributed by atoms with van der Waals surface area (Å²) in [6.45, 7) is 1.23. The number of non-ortho nitro benzene ring substituents is 1. The molecule has 0 aliphatic rings. The van der Waals surface area contributed by atoms with Crippen molar-refractivity contribution in [2.45, 2.75) is 19.4 Å². The molecule has 0 heterocycles. The number of aryl methyl sites for hydroxylation is 1. The first kappa shape index (κ1) is 18.9. The summed E-state index contributed by atoms with van der Waals surface area (Å²) >= 11 is 0. The topological polar surface area (TPSA) is 119 Å². The van der Waals surface area contributed by atoms with Gasteiger partial charge in [0.05, 0.1) is 4.92 Å². The molecule has 1 atom stereocenters. The summed E-state index contributed by atoms with van der Waals surface area (Å²) in [6.07, 6.45) is 0.151. The highest BCUT2D eigenvalue weighted by atomic mass is 16.6. The molecule has 0 fully saturated rings. The highest BCUT2D eigenvalue weighted by molar-refractivity contribution is 5.84. The fraction of sp³-hybridized carbons (Fsp3) is 0.222. The van der Waals surface area contributed by atoms with Gasteiger partial charge < -0.3 is 15.2 Å². The van der Waals surface area contributed by atoms with Crippen molar-refractivity contribution in [1.29, 1.82) is 0 Å². The SMILES string of the molecule is Cc1cc([N+](=O)[O-])ccc1OCC(=O)NC(Cc1ccccc1)C(=O)O. The molecule has 0 spiro atoms. The van der Waals surface area contributed by atoms with Gasteiger partial charge in [0.15, 0.2) is 6.61 Å². The van der Waals surface area contributed by atoms with Gasteiger partial charge in [-0.25, -0.2) is 4.79 Å². The van der Waals surface area contributed by atoms with Crippen LogP contribution in [0.1, 0.15) is 11.1 Å². The number of nitro benzene ring substituents is 1. The molecule has 2 rings (SSSR count). The minimum atomic E-state index is -1.14. The van der Waals surface area contributed by atoms with E-state index < -0.39 is 29.4 Å². The molecular weight excluding hydrogens is 340 g/mol. The lowest BCUT2D eigenvalue weighted by Gasteiger charge is -2.15. The first-order valence-corrected chi connectivity index (χ1v) is 7.80. The van der Waals surface area contributed by atoms with Crippen molar-refractivity contribution in [3.05, 3.63) is 69.8 Å². The van der Waals surface area contributed by atoms with Crippen molar-refractivity contribution < 1.29 is 24.4 Å². The Hall–Kier alpha value is -3.42. The zero-order valence-electron chi connectivity index (χ0n) is 14.0. The molecule has 136 valence electrons. The van der Waals surface area contributed by atoms with Crippen molar-refractivity contribution in [1.82, 2.24) is 5.32 Å². The van der Waals surface area contributed by atoms with Crippen molar-refractivity contribution >= 4 is 17.6 Å². The van der Waals surface area contributed by atoms with E-state index >= 15 is 0 Å². The third kappa shape index (κ3) is 5.30. The predicted molar refractivity (Wildman–Crippen MR) is 93.0 cm³/mol. The van der Waals surface area contributed by atoms with E-state index in [2.05, 4.69) is 5.32 Å². The van der Waals surface area contributed by atoms with E-state index in [9.17, 15) is 24.8 Å². The molecule has 1 amide bonds. The van der Waals surface area contributed by atoms with Gasteiger partial charge in [-0.05, 0) is 24.1 Å². The molecule has 0 aliphatic carbocycles. The number of carboxylic acids is 1. The Labute approximate surface area is 149 Å². The summed E-state index contributed by atoms with van der Waals surface area (Å²) in [5.41, 5.74) is 1.21. The molecule has 0 saturated heterocycles. The fourth-order valence-electron chi connectivity index (χ4n) is 2.34. The number of carboxylic acid groups (broad SMARTS) is 1. The van der Waals surface area contributed by atoms with Crippen LogP contribution in [0.3, 0.4) is 0 Å². The number of benzene rings is 2. The van der Waals surface area contributed by atoms with Gasteiger partial charge in [0.25, 0.3) is 11.6 Å². The van der Waals surface area contributed by atoms with Crippen molar-refractivity contribution in [3.8, 4) is 5.75 Å². The van der Waals surface area contributed by atoms with Gasteiger partial charge in [0.2, 0.25) is 0 Å². The van der Waals surface area contributed by atoms with Crippen LogP contribution in [0.2, 0.25) is 0 Å². The van der Waals surface area contributed by atoms with E-state index in [1.165, 1.54) is 18.2 Å². The van der Waals surface area contributed by atoms with Crippen LogP contribution in [-0.2, 0) is 16.0 Å². The molecule has 2 aromatic carbocycles. The molecule has 8 nitrogen and oxygen atoms in total. The van der Waals surface area contributed by atoms with Crippen LogP contribution < -0.4 is 10.1 Å². The lowest BCUT2D eigenvalue weighted by molar-refractivity contribution is -0.384. The number of amides is 1. The fourth-order valence-corrected chi connectivity index (χ4v) is 2.34. The molecule has 0 aliphatic heterocycles. The lowest BCUT2D eigenvalue weighted by Crippen LogP contribution is -2.44. The third-order valence-corrected chi connectivity index (χ3v) is 3.64. The number of nitrogens with zero attached hydrogens (tertiary/aromatic N) is 1. The van der Waals surface area contributed by atoms with Crippen LogP contribution >= 0.6 is 0 Å². The number of rotatable bonds is 8. The average molecular weight is 358 g/mol. The monoisotopic (exact) mass is 358 g/mol. The number of aliphatic carboxylic acids is 1. The van der Waals surface area contributed by atoms with Crippen LogP contribution in [0.25, 0.3) is 0 Å². The van der Waals surface area contributed by atoms with Crippen molar-refractivity contribution in [2.24, 2.45) is 0 Å². The van der Waals surface area contributed by atoms with Crippen LogP contribution in [-0.4, -0.2) is 34.6 Å². The first-order chi connectivity index (χ1) is 12.4. The molecule has 0 saturated carbocycles. The second-order valence-electron chi connectivity index (χ2n) is 5.64. The molecule has 0 radical (unpaired) electrons. The van der Waals surface area contributed by atoms with Gasteiger partial charge >= 0.3 is 5.97 Å². The zero-order chi connectivity index (χ0) is 19.1. The first-order valence-electron chi connectivity index (χ1n) is 7.80. The van der Waals surface area contributed by atoms with E-state index in [-0.39, 0.29) is 12.1 Å². The number of ether oxygens (including phenoxy) is 1. The maximum absolute atomic E-state index is 12.0. The number of carbonyl (C=O) groups excluding carboxylic acids is 1. The number of nitrogens with one attached hydrogen (secondary N) is 1. The maximum atomic E-state index is 12.0. The van der Waals surface area contributed by atoms with Crippen LogP contribution in [0.4, 0.5) is 5.69 Å². The molecule has 8 heteroatoms. The minimum absolute atomic E-state index is 0.0758. The largest absolute Gasteiger partial charge is 0.483 e. The average Bonchev–Trinajstić information content (AvgIpc) is 2.60. The molecule has 0 bridgehead atoms. The summed E-state index contributed by atoms with van der Waals surface area (Å²) in [5.74, 6) is -1.42. The Balaban J connectivity index is 1.94.